The first-order valence-electron chi connectivity index (χ1n) is 9.58. The predicted molar refractivity (Wildman–Crippen MR) is 123 cm³/mol. The van der Waals surface area contributed by atoms with Crippen LogP contribution in [0, 0.1) is 0 Å². The quantitative estimate of drug-likeness (QED) is 0.391. The summed E-state index contributed by atoms with van der Waals surface area (Å²) in [6, 6.07) is 21.8. The van der Waals surface area contributed by atoms with Gasteiger partial charge in [0.15, 0.2) is 9.84 Å². The van der Waals surface area contributed by atoms with Crippen molar-refractivity contribution in [3.8, 4) is 0 Å². The Morgan fingerprint density at radius 3 is 1.90 bits per heavy atom. The molecular weight excluding hydrogens is 430 g/mol. The first-order chi connectivity index (χ1) is 14.9. The summed E-state index contributed by atoms with van der Waals surface area (Å²) in [5.74, 6) is 0. The van der Waals surface area contributed by atoms with Gasteiger partial charge in [-0.2, -0.15) is 0 Å². The van der Waals surface area contributed by atoms with E-state index < -0.39 is 9.84 Å². The van der Waals surface area contributed by atoms with Gasteiger partial charge in [-0.1, -0.05) is 35.9 Å². The van der Waals surface area contributed by atoms with E-state index >= 15 is 0 Å². The van der Waals surface area contributed by atoms with Gasteiger partial charge in [0, 0.05) is 47.4 Å². The molecule has 7 heteroatoms. The molecule has 0 atom stereocenters. The van der Waals surface area contributed by atoms with Gasteiger partial charge in [0.05, 0.1) is 10.9 Å². The van der Waals surface area contributed by atoms with Gasteiger partial charge in [0.2, 0.25) is 0 Å². The highest BCUT2D eigenvalue weighted by atomic mass is 35.5. The fourth-order valence-corrected chi connectivity index (χ4v) is 4.35. The standard InChI is InChI=1S/C24H20ClN3O2S/c1-31(29,30)23-11-3-10-22(15-23)28(21-9-2-8-20(25)14-21)24(18-6-4-12-26-16-18)19-7-5-13-27-17-19/h2-17,24H,1H3. The zero-order chi connectivity index (χ0) is 21.8. The van der Waals surface area contributed by atoms with Crippen molar-refractivity contribution in [2.45, 2.75) is 10.9 Å². The number of anilines is 2. The van der Waals surface area contributed by atoms with E-state index in [0.717, 1.165) is 16.8 Å². The van der Waals surface area contributed by atoms with Crippen LogP contribution < -0.4 is 4.90 Å². The van der Waals surface area contributed by atoms with Crippen LogP contribution >= 0.6 is 11.6 Å². The molecule has 0 radical (unpaired) electrons. The van der Waals surface area contributed by atoms with E-state index in [1.165, 1.54) is 6.26 Å². The Hall–Kier alpha value is -3.22. The molecule has 0 bridgehead atoms. The van der Waals surface area contributed by atoms with Gasteiger partial charge >= 0.3 is 0 Å². The Balaban J connectivity index is 1.99. The Labute approximate surface area is 186 Å². The third-order valence-electron chi connectivity index (χ3n) is 4.87. The second kappa shape index (κ2) is 8.88. The number of aromatic nitrogens is 2. The van der Waals surface area contributed by atoms with Crippen molar-refractivity contribution in [3.05, 3.63) is 114 Å². The Kier molecular flexibility index (Phi) is 6.02. The third-order valence-corrected chi connectivity index (χ3v) is 6.21. The minimum atomic E-state index is -3.38. The lowest BCUT2D eigenvalue weighted by Gasteiger charge is -2.34. The molecule has 0 spiro atoms. The molecule has 4 aromatic rings. The molecule has 0 saturated heterocycles. The average molecular weight is 450 g/mol. The molecule has 0 aliphatic carbocycles. The third kappa shape index (κ3) is 4.76. The Bertz CT molecular complexity index is 1240. The fourth-order valence-electron chi connectivity index (χ4n) is 3.50. The molecule has 0 unspecified atom stereocenters. The average Bonchev–Trinajstić information content (AvgIpc) is 2.78. The number of rotatable bonds is 6. The monoisotopic (exact) mass is 449 g/mol. The largest absolute Gasteiger partial charge is 0.330 e. The number of hydrogen-bond acceptors (Lipinski definition) is 5. The van der Waals surface area contributed by atoms with Crippen LogP contribution in [-0.2, 0) is 9.84 Å². The van der Waals surface area contributed by atoms with Crippen molar-refractivity contribution in [1.29, 1.82) is 0 Å². The Morgan fingerprint density at radius 2 is 1.39 bits per heavy atom. The number of pyridine rings is 2. The predicted octanol–water partition coefficient (Wildman–Crippen LogP) is 5.46. The lowest BCUT2D eigenvalue weighted by molar-refractivity contribution is 0.602. The highest BCUT2D eigenvalue weighted by Crippen LogP contribution is 2.40. The topological polar surface area (TPSA) is 63.2 Å². The van der Waals surface area contributed by atoms with Crippen LogP contribution in [0.5, 0.6) is 0 Å². The summed E-state index contributed by atoms with van der Waals surface area (Å²) >= 11 is 6.33. The summed E-state index contributed by atoms with van der Waals surface area (Å²) in [4.78, 5) is 10.9. The van der Waals surface area contributed by atoms with E-state index in [-0.39, 0.29) is 10.9 Å². The minimum absolute atomic E-state index is 0.244. The highest BCUT2D eigenvalue weighted by molar-refractivity contribution is 7.90. The second-order valence-electron chi connectivity index (χ2n) is 7.09. The van der Waals surface area contributed by atoms with Crippen LogP contribution in [-0.4, -0.2) is 24.6 Å². The zero-order valence-corrected chi connectivity index (χ0v) is 18.3. The van der Waals surface area contributed by atoms with Gasteiger partial charge in [-0.15, -0.1) is 0 Å². The van der Waals surface area contributed by atoms with E-state index in [2.05, 4.69) is 14.9 Å². The summed E-state index contributed by atoms with van der Waals surface area (Å²) in [6.45, 7) is 0. The molecule has 4 rings (SSSR count). The van der Waals surface area contributed by atoms with Gasteiger partial charge in [-0.3, -0.25) is 9.97 Å². The van der Waals surface area contributed by atoms with Crippen molar-refractivity contribution in [3.63, 3.8) is 0 Å². The van der Waals surface area contributed by atoms with Crippen LogP contribution in [0.15, 0.2) is 102 Å². The van der Waals surface area contributed by atoms with Crippen LogP contribution in [0.2, 0.25) is 5.02 Å². The van der Waals surface area contributed by atoms with E-state index in [1.807, 2.05) is 48.5 Å². The van der Waals surface area contributed by atoms with Crippen molar-refractivity contribution >= 4 is 32.8 Å². The van der Waals surface area contributed by atoms with E-state index in [1.54, 1.807) is 49.1 Å². The summed E-state index contributed by atoms with van der Waals surface area (Å²) in [5, 5.41) is 0.581. The van der Waals surface area contributed by atoms with Gasteiger partial charge in [-0.25, -0.2) is 8.42 Å². The van der Waals surface area contributed by atoms with E-state index in [9.17, 15) is 8.42 Å². The van der Waals surface area contributed by atoms with Crippen molar-refractivity contribution in [2.24, 2.45) is 0 Å². The summed E-state index contributed by atoms with van der Waals surface area (Å²) in [6.07, 6.45) is 8.25. The van der Waals surface area contributed by atoms with Gasteiger partial charge in [-0.05, 0) is 59.7 Å². The number of hydrogen-bond donors (Lipinski definition) is 0. The molecule has 0 amide bonds. The summed E-state index contributed by atoms with van der Waals surface area (Å²) in [7, 11) is -3.38. The minimum Gasteiger partial charge on any atom is -0.330 e. The number of halogens is 1. The van der Waals surface area contributed by atoms with Crippen molar-refractivity contribution in [1.82, 2.24) is 9.97 Å². The lowest BCUT2D eigenvalue weighted by atomic mass is 9.98. The number of nitrogens with zero attached hydrogens (tertiary/aromatic N) is 3. The molecular formula is C24H20ClN3O2S. The molecule has 0 fully saturated rings. The molecule has 156 valence electrons. The van der Waals surface area contributed by atoms with Crippen LogP contribution in [0.25, 0.3) is 0 Å². The van der Waals surface area contributed by atoms with Crippen molar-refractivity contribution in [2.75, 3.05) is 11.2 Å². The molecule has 31 heavy (non-hydrogen) atoms. The Morgan fingerprint density at radius 1 is 0.806 bits per heavy atom. The zero-order valence-electron chi connectivity index (χ0n) is 16.8. The molecule has 2 heterocycles. The lowest BCUT2D eigenvalue weighted by Crippen LogP contribution is -2.25. The second-order valence-corrected chi connectivity index (χ2v) is 9.55. The highest BCUT2D eigenvalue weighted by Gasteiger charge is 2.26. The molecule has 5 nitrogen and oxygen atoms in total. The van der Waals surface area contributed by atoms with E-state index in [0.29, 0.717) is 10.7 Å². The van der Waals surface area contributed by atoms with E-state index in [4.69, 9.17) is 11.6 Å². The van der Waals surface area contributed by atoms with Crippen LogP contribution in [0.4, 0.5) is 11.4 Å². The van der Waals surface area contributed by atoms with Crippen molar-refractivity contribution < 1.29 is 8.42 Å². The number of sulfone groups is 1. The van der Waals surface area contributed by atoms with Gasteiger partial charge in [0.25, 0.3) is 0 Å². The van der Waals surface area contributed by atoms with Crippen LogP contribution in [0.3, 0.4) is 0 Å². The molecule has 2 aromatic heterocycles. The molecule has 2 aromatic carbocycles. The maximum Gasteiger partial charge on any atom is 0.175 e. The van der Waals surface area contributed by atoms with Gasteiger partial charge in [0.1, 0.15) is 0 Å². The maximum atomic E-state index is 12.2. The molecule has 0 N–H and O–H groups in total. The maximum absolute atomic E-state index is 12.2. The first-order valence-corrected chi connectivity index (χ1v) is 11.9. The first kappa shape index (κ1) is 21.0. The molecule has 0 saturated carbocycles. The number of benzene rings is 2. The summed E-state index contributed by atoms with van der Waals surface area (Å²) in [5.41, 5.74) is 3.39. The smallest absolute Gasteiger partial charge is 0.175 e. The fraction of sp³-hybridized carbons (Fsp3) is 0.0833. The SMILES string of the molecule is CS(=O)(=O)c1cccc(N(c2cccc(Cl)c2)C(c2cccnc2)c2cccnc2)c1. The molecule has 0 aliphatic rings. The molecule has 0 aliphatic heterocycles. The van der Waals surface area contributed by atoms with Crippen LogP contribution in [0.1, 0.15) is 17.2 Å². The summed E-state index contributed by atoms with van der Waals surface area (Å²) < 4.78 is 24.5. The normalized spacial score (nSPS) is 11.5. The van der Waals surface area contributed by atoms with Gasteiger partial charge < -0.3 is 4.90 Å².